The zero-order valence-electron chi connectivity index (χ0n) is 7.47. The Morgan fingerprint density at radius 2 is 2.54 bits per heavy atom. The number of rotatable bonds is 4. The molecule has 13 heavy (non-hydrogen) atoms. The standard InChI is InChI=1S/C7H11N3O2S/c1-5(7(11)12)13-3-6-8-4-9-10(6)2/h4-5H,3H2,1-2H3,(H,11,12). The van der Waals surface area contributed by atoms with Gasteiger partial charge < -0.3 is 5.11 Å². The molecule has 0 aliphatic heterocycles. The van der Waals surface area contributed by atoms with E-state index in [4.69, 9.17) is 5.11 Å². The van der Waals surface area contributed by atoms with Crippen molar-refractivity contribution < 1.29 is 9.90 Å². The van der Waals surface area contributed by atoms with Gasteiger partial charge in [-0.25, -0.2) is 4.98 Å². The summed E-state index contributed by atoms with van der Waals surface area (Å²) >= 11 is 1.33. The van der Waals surface area contributed by atoms with E-state index in [-0.39, 0.29) is 0 Å². The number of hydrogen-bond donors (Lipinski definition) is 1. The maximum atomic E-state index is 10.5. The molecule has 1 aromatic heterocycles. The maximum Gasteiger partial charge on any atom is 0.316 e. The lowest BCUT2D eigenvalue weighted by atomic mass is 10.5. The van der Waals surface area contributed by atoms with Crippen molar-refractivity contribution >= 4 is 17.7 Å². The maximum absolute atomic E-state index is 10.5. The third kappa shape index (κ3) is 2.73. The number of nitrogens with zero attached hydrogens (tertiary/aromatic N) is 3. The Hall–Kier alpha value is -1.04. The summed E-state index contributed by atoms with van der Waals surface area (Å²) in [5.41, 5.74) is 0. The number of hydrogen-bond acceptors (Lipinski definition) is 4. The van der Waals surface area contributed by atoms with Gasteiger partial charge in [-0.1, -0.05) is 0 Å². The van der Waals surface area contributed by atoms with Gasteiger partial charge in [-0.3, -0.25) is 9.48 Å². The second-order valence-electron chi connectivity index (χ2n) is 2.59. The van der Waals surface area contributed by atoms with Crippen LogP contribution in [0.25, 0.3) is 0 Å². The van der Waals surface area contributed by atoms with E-state index < -0.39 is 11.2 Å². The van der Waals surface area contributed by atoms with E-state index in [1.807, 2.05) is 0 Å². The van der Waals surface area contributed by atoms with Crippen LogP contribution < -0.4 is 0 Å². The Morgan fingerprint density at radius 1 is 1.85 bits per heavy atom. The average molecular weight is 201 g/mol. The summed E-state index contributed by atoms with van der Waals surface area (Å²) in [4.78, 5) is 14.5. The Morgan fingerprint density at radius 3 is 3.00 bits per heavy atom. The second kappa shape index (κ2) is 4.27. The summed E-state index contributed by atoms with van der Waals surface area (Å²) in [7, 11) is 1.79. The molecule has 1 unspecified atom stereocenters. The minimum Gasteiger partial charge on any atom is -0.480 e. The second-order valence-corrected chi connectivity index (χ2v) is 3.92. The molecule has 0 amide bonds. The third-order valence-electron chi connectivity index (χ3n) is 1.62. The molecular weight excluding hydrogens is 190 g/mol. The first kappa shape index (κ1) is 10.0. The van der Waals surface area contributed by atoms with Gasteiger partial charge in [0.05, 0.1) is 11.0 Å². The Bertz CT molecular complexity index is 300. The van der Waals surface area contributed by atoms with E-state index in [2.05, 4.69) is 10.1 Å². The molecule has 6 heteroatoms. The lowest BCUT2D eigenvalue weighted by molar-refractivity contribution is -0.136. The molecule has 0 aromatic carbocycles. The topological polar surface area (TPSA) is 68.0 Å². The van der Waals surface area contributed by atoms with Gasteiger partial charge in [0.2, 0.25) is 0 Å². The van der Waals surface area contributed by atoms with Crippen LogP contribution in [-0.4, -0.2) is 31.1 Å². The Labute approximate surface area is 80.2 Å². The van der Waals surface area contributed by atoms with Crippen LogP contribution in [0.3, 0.4) is 0 Å². The molecule has 0 spiro atoms. The molecule has 1 N–H and O–H groups in total. The molecule has 0 fully saturated rings. The van der Waals surface area contributed by atoms with Gasteiger partial charge in [-0.2, -0.15) is 5.10 Å². The minimum atomic E-state index is -0.799. The SMILES string of the molecule is CC(SCc1ncnn1C)C(=O)O. The van der Waals surface area contributed by atoms with Crippen molar-refractivity contribution in [2.24, 2.45) is 7.05 Å². The third-order valence-corrected chi connectivity index (χ3v) is 2.74. The Kier molecular flexibility index (Phi) is 3.30. The first-order chi connectivity index (χ1) is 6.11. The van der Waals surface area contributed by atoms with E-state index in [1.54, 1.807) is 18.7 Å². The van der Waals surface area contributed by atoms with Gasteiger partial charge in [0.25, 0.3) is 0 Å². The summed E-state index contributed by atoms with van der Waals surface area (Å²) in [6, 6.07) is 0. The van der Waals surface area contributed by atoms with Crippen molar-refractivity contribution in [1.29, 1.82) is 0 Å². The van der Waals surface area contributed by atoms with Crippen LogP contribution in [0.15, 0.2) is 6.33 Å². The van der Waals surface area contributed by atoms with Gasteiger partial charge >= 0.3 is 5.97 Å². The summed E-state index contributed by atoms with van der Waals surface area (Å²) < 4.78 is 1.64. The molecule has 0 aliphatic rings. The average Bonchev–Trinajstić information content (AvgIpc) is 2.47. The van der Waals surface area contributed by atoms with Crippen LogP contribution in [0.5, 0.6) is 0 Å². The highest BCUT2D eigenvalue weighted by Gasteiger charge is 2.12. The van der Waals surface area contributed by atoms with Crippen LogP contribution in [-0.2, 0) is 17.6 Å². The van der Waals surface area contributed by atoms with Crippen molar-refractivity contribution in [3.63, 3.8) is 0 Å². The van der Waals surface area contributed by atoms with Gasteiger partial charge in [0.1, 0.15) is 12.2 Å². The summed E-state index contributed by atoms with van der Waals surface area (Å²) in [5.74, 6) is 0.564. The molecule has 0 saturated carbocycles. The highest BCUT2D eigenvalue weighted by Crippen LogP contribution is 2.15. The molecular formula is C7H11N3O2S. The number of aromatic nitrogens is 3. The van der Waals surface area contributed by atoms with Gasteiger partial charge in [0.15, 0.2) is 0 Å². The molecule has 0 saturated heterocycles. The fraction of sp³-hybridized carbons (Fsp3) is 0.571. The molecule has 1 rings (SSSR count). The normalized spacial score (nSPS) is 12.8. The summed E-state index contributed by atoms with van der Waals surface area (Å²) in [6.07, 6.45) is 1.46. The monoisotopic (exact) mass is 201 g/mol. The molecule has 1 atom stereocenters. The zero-order valence-corrected chi connectivity index (χ0v) is 8.28. The van der Waals surface area contributed by atoms with Crippen molar-refractivity contribution in [2.45, 2.75) is 17.9 Å². The van der Waals surface area contributed by atoms with E-state index in [1.165, 1.54) is 18.1 Å². The molecule has 5 nitrogen and oxygen atoms in total. The van der Waals surface area contributed by atoms with Crippen molar-refractivity contribution in [3.05, 3.63) is 12.2 Å². The minimum absolute atomic E-state index is 0.406. The quantitative estimate of drug-likeness (QED) is 0.769. The molecule has 1 heterocycles. The number of thioether (sulfide) groups is 1. The van der Waals surface area contributed by atoms with Gasteiger partial charge in [-0.05, 0) is 6.92 Å². The van der Waals surface area contributed by atoms with Crippen molar-refractivity contribution in [1.82, 2.24) is 14.8 Å². The summed E-state index contributed by atoms with van der Waals surface area (Å²) in [6.45, 7) is 1.66. The van der Waals surface area contributed by atoms with Crippen LogP contribution in [0.1, 0.15) is 12.7 Å². The van der Waals surface area contributed by atoms with Crippen LogP contribution in [0.4, 0.5) is 0 Å². The molecule has 0 aliphatic carbocycles. The lowest BCUT2D eigenvalue weighted by Crippen LogP contribution is -2.12. The fourth-order valence-corrected chi connectivity index (χ4v) is 1.52. The first-order valence-electron chi connectivity index (χ1n) is 3.78. The highest BCUT2D eigenvalue weighted by atomic mass is 32.2. The van der Waals surface area contributed by atoms with Gasteiger partial charge in [0, 0.05) is 7.05 Å². The lowest BCUT2D eigenvalue weighted by Gasteiger charge is -2.04. The van der Waals surface area contributed by atoms with E-state index in [9.17, 15) is 4.79 Å². The number of carboxylic acids is 1. The predicted octanol–water partition coefficient (Wildman–Crippen LogP) is 0.521. The molecule has 0 radical (unpaired) electrons. The molecule has 1 aromatic rings. The molecule has 0 bridgehead atoms. The highest BCUT2D eigenvalue weighted by molar-refractivity contribution is 7.99. The first-order valence-corrected chi connectivity index (χ1v) is 4.83. The smallest absolute Gasteiger partial charge is 0.316 e. The van der Waals surface area contributed by atoms with E-state index in [0.29, 0.717) is 5.75 Å². The van der Waals surface area contributed by atoms with Crippen LogP contribution in [0.2, 0.25) is 0 Å². The summed E-state index contributed by atoms with van der Waals surface area (Å²) in [5, 5.41) is 12.1. The van der Waals surface area contributed by atoms with Crippen LogP contribution >= 0.6 is 11.8 Å². The van der Waals surface area contributed by atoms with Gasteiger partial charge in [-0.15, -0.1) is 11.8 Å². The zero-order chi connectivity index (χ0) is 9.84. The predicted molar refractivity (Wildman–Crippen MR) is 49.4 cm³/mol. The number of aryl methyl sites for hydroxylation is 1. The molecule has 72 valence electrons. The number of aliphatic carboxylic acids is 1. The van der Waals surface area contributed by atoms with E-state index >= 15 is 0 Å². The van der Waals surface area contributed by atoms with Crippen molar-refractivity contribution in [2.75, 3.05) is 0 Å². The van der Waals surface area contributed by atoms with Crippen LogP contribution in [0, 0.1) is 0 Å². The Balaban J connectivity index is 2.44. The van der Waals surface area contributed by atoms with Crippen molar-refractivity contribution in [3.8, 4) is 0 Å². The number of carboxylic acid groups (broad SMARTS) is 1. The largest absolute Gasteiger partial charge is 0.480 e. The fourth-order valence-electron chi connectivity index (χ4n) is 0.722. The van der Waals surface area contributed by atoms with E-state index in [0.717, 1.165) is 5.82 Å². The number of carbonyl (C=O) groups is 1.